The molecule has 1 amide bonds. The number of benzene rings is 1. The van der Waals surface area contributed by atoms with Gasteiger partial charge < -0.3 is 14.5 Å². The van der Waals surface area contributed by atoms with Crippen molar-refractivity contribution in [1.82, 2.24) is 19.4 Å². The maximum atomic E-state index is 12.6. The summed E-state index contributed by atoms with van der Waals surface area (Å²) in [6.45, 7) is 1.49. The summed E-state index contributed by atoms with van der Waals surface area (Å²) < 4.78 is 38.7. The minimum absolute atomic E-state index is 0.0509. The molecule has 3 heterocycles. The number of morpholine rings is 1. The number of nitrogens with one attached hydrogen (secondary N) is 1. The molecule has 29 heavy (non-hydrogen) atoms. The number of hydrogen-bond donors (Lipinski definition) is 1. The second-order valence-corrected chi connectivity index (χ2v) is 8.30. The number of ether oxygens (including phenoxy) is 1. The summed E-state index contributed by atoms with van der Waals surface area (Å²) in [6.07, 6.45) is 3.54. The lowest BCUT2D eigenvalue weighted by Crippen LogP contribution is -2.40. The highest BCUT2D eigenvalue weighted by atomic mass is 32.2. The van der Waals surface area contributed by atoms with E-state index < -0.39 is 15.9 Å². The molecule has 0 bridgehead atoms. The van der Waals surface area contributed by atoms with Crippen LogP contribution in [0.1, 0.15) is 16.1 Å². The third-order valence-electron chi connectivity index (χ3n) is 4.53. The van der Waals surface area contributed by atoms with Crippen LogP contribution in [-0.4, -0.2) is 54.7 Å². The Morgan fingerprint density at radius 1 is 1.10 bits per heavy atom. The quantitative estimate of drug-likeness (QED) is 0.651. The fraction of sp³-hybridized carbons (Fsp3) is 0.263. The van der Waals surface area contributed by atoms with Gasteiger partial charge in [0.15, 0.2) is 5.76 Å². The Kier molecular flexibility index (Phi) is 5.47. The highest BCUT2D eigenvalue weighted by Crippen LogP contribution is 2.20. The molecule has 0 spiro atoms. The zero-order chi connectivity index (χ0) is 20.3. The Hall–Kier alpha value is -2.95. The van der Waals surface area contributed by atoms with Crippen LogP contribution in [-0.2, 0) is 21.3 Å². The molecule has 0 unspecified atom stereocenters. The number of amides is 1. The highest BCUT2D eigenvalue weighted by molar-refractivity contribution is 7.89. The largest absolute Gasteiger partial charge is 0.438 e. The van der Waals surface area contributed by atoms with Gasteiger partial charge in [0.2, 0.25) is 5.09 Å². The third-order valence-corrected chi connectivity index (χ3v) is 6.30. The van der Waals surface area contributed by atoms with E-state index in [-0.39, 0.29) is 30.5 Å². The predicted molar refractivity (Wildman–Crippen MR) is 103 cm³/mol. The molecule has 1 fully saturated rings. The van der Waals surface area contributed by atoms with Crippen molar-refractivity contribution in [3.05, 3.63) is 66.2 Å². The SMILES string of the molecule is O=C(NCc1ccc(-n2cccn2)cc1)c1ccc(S(=O)(=O)N2CCOCC2)o1. The zero-order valence-corrected chi connectivity index (χ0v) is 16.3. The minimum atomic E-state index is -3.77. The molecule has 1 aliphatic rings. The number of nitrogens with zero attached hydrogens (tertiary/aromatic N) is 3. The molecule has 0 atom stereocenters. The van der Waals surface area contributed by atoms with Gasteiger partial charge in [0.25, 0.3) is 15.9 Å². The number of sulfonamides is 1. The maximum Gasteiger partial charge on any atom is 0.287 e. The standard InChI is InChI=1S/C19H20N4O5S/c24-19(20-14-15-2-4-16(5-3-15)23-9-1-8-21-23)17-6-7-18(28-17)29(25,26)22-10-12-27-13-11-22/h1-9H,10-14H2,(H,20,24). The van der Waals surface area contributed by atoms with E-state index in [4.69, 9.17) is 9.15 Å². The van der Waals surface area contributed by atoms with Crippen molar-refractivity contribution in [1.29, 1.82) is 0 Å². The van der Waals surface area contributed by atoms with Crippen molar-refractivity contribution in [2.24, 2.45) is 0 Å². The summed E-state index contributed by atoms with van der Waals surface area (Å²) in [5.41, 5.74) is 1.80. The summed E-state index contributed by atoms with van der Waals surface area (Å²) in [7, 11) is -3.77. The van der Waals surface area contributed by atoms with E-state index >= 15 is 0 Å². The number of carbonyl (C=O) groups is 1. The summed E-state index contributed by atoms with van der Waals surface area (Å²) in [4.78, 5) is 12.3. The fourth-order valence-electron chi connectivity index (χ4n) is 2.95. The van der Waals surface area contributed by atoms with Crippen molar-refractivity contribution < 1.29 is 22.4 Å². The Labute approximate surface area is 167 Å². The smallest absolute Gasteiger partial charge is 0.287 e. The molecular weight excluding hydrogens is 396 g/mol. The number of aromatic nitrogens is 2. The van der Waals surface area contributed by atoms with E-state index in [1.165, 1.54) is 16.4 Å². The topological polar surface area (TPSA) is 107 Å². The lowest BCUT2D eigenvalue weighted by molar-refractivity contribution is 0.0722. The molecule has 152 valence electrons. The van der Waals surface area contributed by atoms with E-state index in [1.807, 2.05) is 36.5 Å². The Bertz CT molecular complexity index is 1070. The lowest BCUT2D eigenvalue weighted by Gasteiger charge is -2.24. The van der Waals surface area contributed by atoms with Gasteiger partial charge in [-0.1, -0.05) is 12.1 Å². The van der Waals surface area contributed by atoms with Crippen LogP contribution in [0.2, 0.25) is 0 Å². The fourth-order valence-corrected chi connectivity index (χ4v) is 4.27. The molecule has 1 N–H and O–H groups in total. The van der Waals surface area contributed by atoms with Gasteiger partial charge in [0, 0.05) is 32.0 Å². The Morgan fingerprint density at radius 3 is 2.55 bits per heavy atom. The van der Waals surface area contributed by atoms with Crippen LogP contribution < -0.4 is 5.32 Å². The van der Waals surface area contributed by atoms with Gasteiger partial charge in [0.1, 0.15) is 0 Å². The molecule has 3 aromatic rings. The molecule has 1 saturated heterocycles. The molecule has 4 rings (SSSR count). The number of hydrogen-bond acceptors (Lipinski definition) is 6. The average molecular weight is 416 g/mol. The maximum absolute atomic E-state index is 12.6. The predicted octanol–water partition coefficient (Wildman–Crippen LogP) is 1.42. The van der Waals surface area contributed by atoms with Gasteiger partial charge >= 0.3 is 0 Å². The zero-order valence-electron chi connectivity index (χ0n) is 15.5. The summed E-state index contributed by atoms with van der Waals surface area (Å²) in [5.74, 6) is -0.533. The van der Waals surface area contributed by atoms with E-state index in [0.717, 1.165) is 11.3 Å². The van der Waals surface area contributed by atoms with E-state index in [0.29, 0.717) is 13.2 Å². The van der Waals surface area contributed by atoms with E-state index in [1.54, 1.807) is 10.9 Å². The van der Waals surface area contributed by atoms with E-state index in [2.05, 4.69) is 10.4 Å². The first-order chi connectivity index (χ1) is 14.0. The second kappa shape index (κ2) is 8.19. The molecular formula is C19H20N4O5S. The van der Waals surface area contributed by atoms with Crippen molar-refractivity contribution in [2.75, 3.05) is 26.3 Å². The van der Waals surface area contributed by atoms with Crippen molar-refractivity contribution >= 4 is 15.9 Å². The van der Waals surface area contributed by atoms with Gasteiger partial charge in [-0.2, -0.15) is 9.40 Å². The van der Waals surface area contributed by atoms with E-state index in [9.17, 15) is 13.2 Å². The Morgan fingerprint density at radius 2 is 1.86 bits per heavy atom. The van der Waals surface area contributed by atoms with Crippen LogP contribution in [0.15, 0.2) is 64.4 Å². The molecule has 10 heteroatoms. The van der Waals surface area contributed by atoms with Crippen LogP contribution in [0.3, 0.4) is 0 Å². The number of rotatable bonds is 6. The third kappa shape index (κ3) is 4.24. The molecule has 9 nitrogen and oxygen atoms in total. The van der Waals surface area contributed by atoms with Crippen molar-refractivity contribution in [3.63, 3.8) is 0 Å². The number of carbonyl (C=O) groups excluding carboxylic acids is 1. The summed E-state index contributed by atoms with van der Waals surface area (Å²) >= 11 is 0. The van der Waals surface area contributed by atoms with Gasteiger partial charge in [-0.3, -0.25) is 4.79 Å². The molecule has 1 aromatic carbocycles. The van der Waals surface area contributed by atoms with Gasteiger partial charge in [-0.25, -0.2) is 13.1 Å². The van der Waals surface area contributed by atoms with Crippen LogP contribution in [0.25, 0.3) is 5.69 Å². The minimum Gasteiger partial charge on any atom is -0.438 e. The van der Waals surface area contributed by atoms with Crippen LogP contribution in [0.4, 0.5) is 0 Å². The van der Waals surface area contributed by atoms with Gasteiger partial charge in [-0.05, 0) is 35.9 Å². The lowest BCUT2D eigenvalue weighted by atomic mass is 10.2. The van der Waals surface area contributed by atoms with Crippen LogP contribution >= 0.6 is 0 Å². The van der Waals surface area contributed by atoms with Crippen LogP contribution in [0.5, 0.6) is 0 Å². The van der Waals surface area contributed by atoms with Gasteiger partial charge in [-0.15, -0.1) is 0 Å². The average Bonchev–Trinajstić information content (AvgIpc) is 3.46. The normalized spacial score (nSPS) is 15.3. The Balaban J connectivity index is 1.38. The summed E-state index contributed by atoms with van der Waals surface area (Å²) in [5, 5.41) is 6.65. The molecule has 1 aliphatic heterocycles. The molecule has 0 saturated carbocycles. The van der Waals surface area contributed by atoms with Gasteiger partial charge in [0.05, 0.1) is 18.9 Å². The first kappa shape index (κ1) is 19.4. The monoisotopic (exact) mass is 416 g/mol. The number of furan rings is 1. The van der Waals surface area contributed by atoms with Crippen molar-refractivity contribution in [2.45, 2.75) is 11.6 Å². The van der Waals surface area contributed by atoms with Crippen LogP contribution in [0, 0.1) is 0 Å². The van der Waals surface area contributed by atoms with Crippen molar-refractivity contribution in [3.8, 4) is 5.69 Å². The molecule has 0 radical (unpaired) electrons. The molecule has 0 aliphatic carbocycles. The summed E-state index contributed by atoms with van der Waals surface area (Å²) in [6, 6.07) is 12.1. The second-order valence-electron chi connectivity index (χ2n) is 6.43. The highest BCUT2D eigenvalue weighted by Gasteiger charge is 2.30. The first-order valence-electron chi connectivity index (χ1n) is 9.09. The first-order valence-corrected chi connectivity index (χ1v) is 10.5. The molecule has 2 aromatic heterocycles.